The van der Waals surface area contributed by atoms with E-state index in [4.69, 9.17) is 11.6 Å². The Hall–Kier alpha value is -2.57. The molecule has 0 spiro atoms. The highest BCUT2D eigenvalue weighted by molar-refractivity contribution is 8.18. The molecule has 0 aliphatic carbocycles. The van der Waals surface area contributed by atoms with Crippen molar-refractivity contribution in [2.75, 3.05) is 7.11 Å². The predicted molar refractivity (Wildman–Crippen MR) is 105 cm³/mol. The van der Waals surface area contributed by atoms with Crippen molar-refractivity contribution in [2.45, 2.75) is 6.92 Å². The molecule has 0 saturated carbocycles. The third-order valence-corrected chi connectivity index (χ3v) is 4.81. The molecule has 7 heteroatoms. The van der Waals surface area contributed by atoms with Crippen LogP contribution in [0, 0.1) is 6.92 Å². The van der Waals surface area contributed by atoms with E-state index in [9.17, 15) is 9.59 Å². The van der Waals surface area contributed by atoms with Crippen molar-refractivity contribution < 1.29 is 14.3 Å². The SMILES string of the molecule is COC(=O)c1ccc(/C=C2\SC(=Nc3ccc(Cl)cc3C)NC2=O)cc1. The van der Waals surface area contributed by atoms with Crippen LogP contribution in [0.3, 0.4) is 0 Å². The van der Waals surface area contributed by atoms with Gasteiger partial charge in [-0.25, -0.2) is 9.79 Å². The number of ether oxygens (including phenoxy) is 1. The van der Waals surface area contributed by atoms with Gasteiger partial charge in [-0.15, -0.1) is 0 Å². The van der Waals surface area contributed by atoms with E-state index >= 15 is 0 Å². The number of aliphatic imine (C=N–C) groups is 1. The summed E-state index contributed by atoms with van der Waals surface area (Å²) in [6.07, 6.45) is 1.75. The zero-order valence-electron chi connectivity index (χ0n) is 14.1. The summed E-state index contributed by atoms with van der Waals surface area (Å²) in [7, 11) is 1.33. The third-order valence-electron chi connectivity index (χ3n) is 3.66. The van der Waals surface area contributed by atoms with E-state index in [1.54, 1.807) is 36.4 Å². The minimum absolute atomic E-state index is 0.211. The van der Waals surface area contributed by atoms with Crippen LogP contribution in [0.2, 0.25) is 5.02 Å². The lowest BCUT2D eigenvalue weighted by Gasteiger charge is -2.01. The van der Waals surface area contributed by atoms with Crippen molar-refractivity contribution in [3.8, 4) is 0 Å². The average molecular weight is 387 g/mol. The Kier molecular flexibility index (Phi) is 5.44. The van der Waals surface area contributed by atoms with E-state index in [1.165, 1.54) is 18.9 Å². The Bertz CT molecular complexity index is 936. The average Bonchev–Trinajstić information content (AvgIpc) is 2.96. The Morgan fingerprint density at radius 2 is 1.96 bits per heavy atom. The van der Waals surface area contributed by atoms with Crippen LogP contribution in [0.25, 0.3) is 6.08 Å². The number of thioether (sulfide) groups is 1. The van der Waals surface area contributed by atoms with Crippen LogP contribution in [0.15, 0.2) is 52.4 Å². The number of nitrogens with zero attached hydrogens (tertiary/aromatic N) is 1. The second-order valence-electron chi connectivity index (χ2n) is 5.53. The fourth-order valence-corrected chi connectivity index (χ4v) is 3.38. The molecule has 0 bridgehead atoms. The molecule has 1 saturated heterocycles. The van der Waals surface area contributed by atoms with Crippen molar-refractivity contribution in [3.05, 3.63) is 69.1 Å². The van der Waals surface area contributed by atoms with Crippen molar-refractivity contribution >= 4 is 52.2 Å². The molecule has 2 aromatic rings. The van der Waals surface area contributed by atoms with Gasteiger partial charge in [0.2, 0.25) is 0 Å². The summed E-state index contributed by atoms with van der Waals surface area (Å²) in [4.78, 5) is 28.6. The number of esters is 1. The summed E-state index contributed by atoms with van der Waals surface area (Å²) >= 11 is 7.21. The van der Waals surface area contributed by atoms with Crippen LogP contribution in [0.5, 0.6) is 0 Å². The molecule has 3 rings (SSSR count). The van der Waals surface area contributed by atoms with Gasteiger partial charge in [0.1, 0.15) is 0 Å². The summed E-state index contributed by atoms with van der Waals surface area (Å²) in [5.41, 5.74) is 2.94. The van der Waals surface area contributed by atoms with Crippen LogP contribution < -0.4 is 5.32 Å². The number of hydrogen-bond donors (Lipinski definition) is 1. The van der Waals surface area contributed by atoms with Gasteiger partial charge in [0.25, 0.3) is 5.91 Å². The predicted octanol–water partition coefficient (Wildman–Crippen LogP) is 4.33. The molecule has 1 amide bonds. The molecule has 2 aromatic carbocycles. The highest BCUT2D eigenvalue weighted by Crippen LogP contribution is 2.30. The molecule has 1 aliphatic rings. The fourth-order valence-electron chi connectivity index (χ4n) is 2.32. The van der Waals surface area contributed by atoms with Gasteiger partial charge >= 0.3 is 5.97 Å². The first-order chi connectivity index (χ1) is 12.5. The Morgan fingerprint density at radius 3 is 2.62 bits per heavy atom. The van der Waals surface area contributed by atoms with Crippen LogP contribution in [-0.2, 0) is 9.53 Å². The molecule has 1 fully saturated rings. The van der Waals surface area contributed by atoms with Crippen molar-refractivity contribution in [3.63, 3.8) is 0 Å². The van der Waals surface area contributed by atoms with E-state index in [0.717, 1.165) is 16.8 Å². The molecule has 1 heterocycles. The highest BCUT2D eigenvalue weighted by Gasteiger charge is 2.24. The number of amides is 1. The Morgan fingerprint density at radius 1 is 1.23 bits per heavy atom. The van der Waals surface area contributed by atoms with E-state index < -0.39 is 5.97 Å². The van der Waals surface area contributed by atoms with Gasteiger partial charge < -0.3 is 10.1 Å². The van der Waals surface area contributed by atoms with Crippen LogP contribution >= 0.6 is 23.4 Å². The number of rotatable bonds is 3. The van der Waals surface area contributed by atoms with Gasteiger partial charge in [-0.3, -0.25) is 4.79 Å². The first-order valence-corrected chi connectivity index (χ1v) is 8.90. The summed E-state index contributed by atoms with van der Waals surface area (Å²) in [5, 5.41) is 3.91. The Balaban J connectivity index is 1.80. The number of halogens is 1. The largest absolute Gasteiger partial charge is 0.465 e. The molecular weight excluding hydrogens is 372 g/mol. The number of amidine groups is 1. The zero-order chi connectivity index (χ0) is 18.7. The lowest BCUT2D eigenvalue weighted by Crippen LogP contribution is -2.19. The van der Waals surface area contributed by atoms with Crippen molar-refractivity contribution in [1.29, 1.82) is 0 Å². The molecule has 0 unspecified atom stereocenters. The second-order valence-corrected chi connectivity index (χ2v) is 6.99. The number of hydrogen-bond acceptors (Lipinski definition) is 5. The van der Waals surface area contributed by atoms with E-state index in [-0.39, 0.29) is 5.91 Å². The molecule has 1 N–H and O–H groups in total. The zero-order valence-corrected chi connectivity index (χ0v) is 15.6. The van der Waals surface area contributed by atoms with Gasteiger partial charge in [0, 0.05) is 5.02 Å². The molecule has 0 radical (unpaired) electrons. The molecular formula is C19H15ClN2O3S. The smallest absolute Gasteiger partial charge is 0.337 e. The lowest BCUT2D eigenvalue weighted by atomic mass is 10.1. The van der Waals surface area contributed by atoms with Crippen LogP contribution in [0.1, 0.15) is 21.5 Å². The number of carbonyl (C=O) groups excluding carboxylic acids is 2. The standard InChI is InChI=1S/C19H15ClN2O3S/c1-11-9-14(20)7-8-15(11)21-19-22-17(23)16(26-19)10-12-3-5-13(6-4-12)18(24)25-2/h3-10H,1-2H3,(H,21,22,23)/b16-10-. The number of carbonyl (C=O) groups is 2. The van der Waals surface area contributed by atoms with Crippen LogP contribution in [-0.4, -0.2) is 24.2 Å². The monoisotopic (exact) mass is 386 g/mol. The summed E-state index contributed by atoms with van der Waals surface area (Å²) < 4.78 is 4.67. The minimum atomic E-state index is -0.398. The van der Waals surface area contributed by atoms with E-state index in [1.807, 2.05) is 19.1 Å². The molecule has 0 atom stereocenters. The second kappa shape index (κ2) is 7.76. The molecule has 5 nitrogen and oxygen atoms in total. The summed E-state index contributed by atoms with van der Waals surface area (Å²) in [6, 6.07) is 12.2. The summed E-state index contributed by atoms with van der Waals surface area (Å²) in [5.74, 6) is -0.609. The van der Waals surface area contributed by atoms with Gasteiger partial charge in [0.05, 0.1) is 23.3 Å². The maximum absolute atomic E-state index is 12.2. The third kappa shape index (κ3) is 4.15. The van der Waals surface area contributed by atoms with Crippen LogP contribution in [0.4, 0.5) is 5.69 Å². The first kappa shape index (κ1) is 18.2. The van der Waals surface area contributed by atoms with Gasteiger partial charge in [-0.05, 0) is 66.2 Å². The lowest BCUT2D eigenvalue weighted by molar-refractivity contribution is -0.115. The number of benzene rings is 2. The van der Waals surface area contributed by atoms with Crippen molar-refractivity contribution in [2.24, 2.45) is 4.99 Å². The first-order valence-electron chi connectivity index (χ1n) is 7.70. The molecule has 132 valence electrons. The quantitative estimate of drug-likeness (QED) is 0.629. The highest BCUT2D eigenvalue weighted by atomic mass is 35.5. The maximum atomic E-state index is 12.2. The van der Waals surface area contributed by atoms with Crippen molar-refractivity contribution in [1.82, 2.24) is 5.32 Å². The minimum Gasteiger partial charge on any atom is -0.465 e. The topological polar surface area (TPSA) is 67.8 Å². The van der Waals surface area contributed by atoms with E-state index in [0.29, 0.717) is 20.7 Å². The van der Waals surface area contributed by atoms with Gasteiger partial charge in [-0.2, -0.15) is 0 Å². The fraction of sp³-hybridized carbons (Fsp3) is 0.105. The van der Waals surface area contributed by atoms with Gasteiger partial charge in [-0.1, -0.05) is 23.7 Å². The Labute approximate surface area is 160 Å². The number of methoxy groups -OCH3 is 1. The van der Waals surface area contributed by atoms with E-state index in [2.05, 4.69) is 15.0 Å². The summed E-state index contributed by atoms with van der Waals surface area (Å²) in [6.45, 7) is 1.91. The molecule has 26 heavy (non-hydrogen) atoms. The number of aryl methyl sites for hydroxylation is 1. The number of nitrogens with one attached hydrogen (secondary N) is 1. The van der Waals surface area contributed by atoms with Gasteiger partial charge in [0.15, 0.2) is 5.17 Å². The molecule has 1 aliphatic heterocycles. The maximum Gasteiger partial charge on any atom is 0.337 e. The normalized spacial score (nSPS) is 16.8. The molecule has 0 aromatic heterocycles.